The zero-order valence-electron chi connectivity index (χ0n) is 10.3. The molecule has 0 spiro atoms. The summed E-state index contributed by atoms with van der Waals surface area (Å²) in [4.78, 5) is 11.4. The molecule has 2 rings (SSSR count). The summed E-state index contributed by atoms with van der Waals surface area (Å²) in [5.74, 6) is -3.97. The van der Waals surface area contributed by atoms with E-state index in [9.17, 15) is 18.7 Å². The smallest absolute Gasteiger partial charge is 0.311 e. The van der Waals surface area contributed by atoms with E-state index in [1.165, 1.54) is 12.1 Å². The van der Waals surface area contributed by atoms with E-state index in [0.717, 1.165) is 10.5 Å². The first-order valence-corrected chi connectivity index (χ1v) is 6.69. The number of carbonyl (C=O) groups is 1. The van der Waals surface area contributed by atoms with Crippen molar-refractivity contribution in [2.45, 2.75) is 12.3 Å². The molecule has 1 unspecified atom stereocenters. The zero-order valence-corrected chi connectivity index (χ0v) is 11.9. The third kappa shape index (κ3) is 3.22. The maximum atomic E-state index is 13.6. The largest absolute Gasteiger partial charge is 0.481 e. The molecule has 2 nitrogen and oxygen atoms in total. The maximum Gasteiger partial charge on any atom is 0.311 e. The maximum absolute atomic E-state index is 13.6. The van der Waals surface area contributed by atoms with E-state index < -0.39 is 23.5 Å². The van der Waals surface area contributed by atoms with E-state index in [2.05, 4.69) is 15.9 Å². The molecule has 0 aliphatic heterocycles. The van der Waals surface area contributed by atoms with Crippen LogP contribution in [0, 0.1) is 11.6 Å². The van der Waals surface area contributed by atoms with Crippen LogP contribution in [0.2, 0.25) is 0 Å². The fourth-order valence-electron chi connectivity index (χ4n) is 2.00. The highest BCUT2D eigenvalue weighted by molar-refractivity contribution is 9.10. The lowest BCUT2D eigenvalue weighted by Crippen LogP contribution is -2.15. The predicted octanol–water partition coefficient (Wildman–Crippen LogP) is 4.14. The Morgan fingerprint density at radius 3 is 2.55 bits per heavy atom. The van der Waals surface area contributed by atoms with Gasteiger partial charge in [-0.2, -0.15) is 0 Å². The van der Waals surface area contributed by atoms with Crippen LogP contribution in [0.1, 0.15) is 17.0 Å². The molecule has 104 valence electrons. The molecule has 0 amide bonds. The minimum absolute atomic E-state index is 0.0531. The number of benzene rings is 2. The van der Waals surface area contributed by atoms with Gasteiger partial charge in [0.25, 0.3) is 0 Å². The molecule has 0 aliphatic carbocycles. The third-order valence-corrected chi connectivity index (χ3v) is 3.50. The van der Waals surface area contributed by atoms with Crippen molar-refractivity contribution in [3.63, 3.8) is 0 Å². The number of halogens is 3. The van der Waals surface area contributed by atoms with Crippen molar-refractivity contribution in [1.82, 2.24) is 0 Å². The molecule has 5 heteroatoms. The summed E-state index contributed by atoms with van der Waals surface area (Å²) < 4.78 is 27.5. The minimum Gasteiger partial charge on any atom is -0.481 e. The summed E-state index contributed by atoms with van der Waals surface area (Å²) >= 11 is 3.26. The molecule has 1 N–H and O–H groups in total. The summed E-state index contributed by atoms with van der Waals surface area (Å²) in [6, 6.07) is 10.6. The quantitative estimate of drug-likeness (QED) is 0.908. The van der Waals surface area contributed by atoms with Gasteiger partial charge in [-0.1, -0.05) is 40.2 Å². The molecule has 20 heavy (non-hydrogen) atoms. The highest BCUT2D eigenvalue weighted by Crippen LogP contribution is 2.25. The minimum atomic E-state index is -1.08. The molecule has 0 aliphatic rings. The van der Waals surface area contributed by atoms with Crippen LogP contribution in [0.15, 0.2) is 46.9 Å². The first kappa shape index (κ1) is 14.7. The van der Waals surface area contributed by atoms with Crippen molar-refractivity contribution in [2.75, 3.05) is 0 Å². The lowest BCUT2D eigenvalue weighted by Gasteiger charge is -2.14. The van der Waals surface area contributed by atoms with E-state index in [-0.39, 0.29) is 12.0 Å². The van der Waals surface area contributed by atoms with Gasteiger partial charge in [-0.05, 0) is 35.7 Å². The second kappa shape index (κ2) is 6.13. The van der Waals surface area contributed by atoms with E-state index in [0.29, 0.717) is 5.56 Å². The standard InChI is InChI=1S/C15H11BrF2O2/c16-11-5-1-3-9(7-11)12(15(19)20)8-10-4-2-6-13(17)14(10)18/h1-7,12H,8H2,(H,19,20). The zero-order chi connectivity index (χ0) is 14.7. The fraction of sp³-hybridized carbons (Fsp3) is 0.133. The molecule has 0 aromatic heterocycles. The summed E-state index contributed by atoms with van der Waals surface area (Å²) in [5.41, 5.74) is 0.591. The lowest BCUT2D eigenvalue weighted by molar-refractivity contribution is -0.138. The molecule has 0 saturated heterocycles. The van der Waals surface area contributed by atoms with E-state index in [1.807, 2.05) is 0 Å². The van der Waals surface area contributed by atoms with Gasteiger partial charge in [-0.3, -0.25) is 4.79 Å². The van der Waals surface area contributed by atoms with Crippen LogP contribution in [-0.2, 0) is 11.2 Å². The van der Waals surface area contributed by atoms with Crippen LogP contribution >= 0.6 is 15.9 Å². The number of hydrogen-bond donors (Lipinski definition) is 1. The van der Waals surface area contributed by atoms with Gasteiger partial charge in [0.1, 0.15) is 0 Å². The van der Waals surface area contributed by atoms with Gasteiger partial charge in [0.2, 0.25) is 0 Å². The monoisotopic (exact) mass is 340 g/mol. The van der Waals surface area contributed by atoms with Crippen LogP contribution in [-0.4, -0.2) is 11.1 Å². The second-order valence-corrected chi connectivity index (χ2v) is 5.28. The molecule has 0 fully saturated rings. The van der Waals surface area contributed by atoms with Crippen LogP contribution in [0.4, 0.5) is 8.78 Å². The average Bonchev–Trinajstić information content (AvgIpc) is 2.40. The molecule has 2 aromatic carbocycles. The van der Waals surface area contributed by atoms with Gasteiger partial charge in [0.15, 0.2) is 11.6 Å². The molecule has 0 radical (unpaired) electrons. The Morgan fingerprint density at radius 1 is 1.20 bits per heavy atom. The molecule has 0 heterocycles. The molecular formula is C15H11BrF2O2. The molecule has 0 bridgehead atoms. The van der Waals surface area contributed by atoms with E-state index >= 15 is 0 Å². The fourth-order valence-corrected chi connectivity index (χ4v) is 2.41. The summed E-state index contributed by atoms with van der Waals surface area (Å²) in [5, 5.41) is 9.31. The van der Waals surface area contributed by atoms with Crippen molar-refractivity contribution >= 4 is 21.9 Å². The molecule has 0 saturated carbocycles. The Kier molecular flexibility index (Phi) is 4.49. The SMILES string of the molecule is O=C(O)C(Cc1cccc(F)c1F)c1cccc(Br)c1. The highest BCUT2D eigenvalue weighted by Gasteiger charge is 2.22. The van der Waals surface area contributed by atoms with Crippen LogP contribution in [0.5, 0.6) is 0 Å². The van der Waals surface area contributed by atoms with Crippen molar-refractivity contribution < 1.29 is 18.7 Å². The highest BCUT2D eigenvalue weighted by atomic mass is 79.9. The van der Waals surface area contributed by atoms with Crippen LogP contribution in [0.3, 0.4) is 0 Å². The van der Waals surface area contributed by atoms with Gasteiger partial charge in [0, 0.05) is 4.47 Å². The second-order valence-electron chi connectivity index (χ2n) is 4.36. The Hall–Kier alpha value is -1.75. The number of hydrogen-bond acceptors (Lipinski definition) is 1. The topological polar surface area (TPSA) is 37.3 Å². The van der Waals surface area contributed by atoms with Crippen molar-refractivity contribution in [3.8, 4) is 0 Å². The van der Waals surface area contributed by atoms with Crippen molar-refractivity contribution in [2.24, 2.45) is 0 Å². The van der Waals surface area contributed by atoms with Crippen molar-refractivity contribution in [3.05, 3.63) is 69.7 Å². The molecule has 2 aromatic rings. The Bertz CT molecular complexity index is 644. The summed E-state index contributed by atoms with van der Waals surface area (Å²) in [6.07, 6.45) is -0.102. The van der Waals surface area contributed by atoms with Gasteiger partial charge < -0.3 is 5.11 Å². The Balaban J connectivity index is 2.36. The third-order valence-electron chi connectivity index (χ3n) is 3.00. The number of carboxylic acid groups (broad SMARTS) is 1. The van der Waals surface area contributed by atoms with Crippen LogP contribution in [0.25, 0.3) is 0 Å². The first-order chi connectivity index (χ1) is 9.49. The van der Waals surface area contributed by atoms with Crippen molar-refractivity contribution in [1.29, 1.82) is 0 Å². The normalized spacial score (nSPS) is 12.2. The summed E-state index contributed by atoms with van der Waals surface area (Å²) in [6.45, 7) is 0. The molecular weight excluding hydrogens is 330 g/mol. The van der Waals surface area contributed by atoms with Gasteiger partial charge in [-0.25, -0.2) is 8.78 Å². The van der Waals surface area contributed by atoms with Gasteiger partial charge in [-0.15, -0.1) is 0 Å². The lowest BCUT2D eigenvalue weighted by atomic mass is 9.92. The average molecular weight is 341 g/mol. The number of carboxylic acids is 1. The Labute approximate surface area is 123 Å². The first-order valence-electron chi connectivity index (χ1n) is 5.90. The van der Waals surface area contributed by atoms with E-state index in [1.54, 1.807) is 24.3 Å². The Morgan fingerprint density at radius 2 is 1.90 bits per heavy atom. The summed E-state index contributed by atoms with van der Waals surface area (Å²) in [7, 11) is 0. The number of rotatable bonds is 4. The van der Waals surface area contributed by atoms with Gasteiger partial charge >= 0.3 is 5.97 Å². The van der Waals surface area contributed by atoms with E-state index in [4.69, 9.17) is 0 Å². The molecule has 1 atom stereocenters. The number of aliphatic carboxylic acids is 1. The van der Waals surface area contributed by atoms with Gasteiger partial charge in [0.05, 0.1) is 5.92 Å². The predicted molar refractivity (Wildman–Crippen MR) is 74.6 cm³/mol. The van der Waals surface area contributed by atoms with Crippen LogP contribution < -0.4 is 0 Å².